The summed E-state index contributed by atoms with van der Waals surface area (Å²) >= 11 is 0. The summed E-state index contributed by atoms with van der Waals surface area (Å²) in [4.78, 5) is 8.11. The van der Waals surface area contributed by atoms with Crippen LogP contribution >= 0.6 is 0 Å². The predicted octanol–water partition coefficient (Wildman–Crippen LogP) is 2.01. The molecule has 1 rings (SSSR count). The van der Waals surface area contributed by atoms with Gasteiger partial charge < -0.3 is 5.32 Å². The van der Waals surface area contributed by atoms with Crippen molar-refractivity contribution in [2.75, 3.05) is 12.4 Å². The molecule has 0 bridgehead atoms. The average Bonchev–Trinajstić information content (AvgIpc) is 2.15. The Hall–Kier alpha value is -1.64. The Morgan fingerprint density at radius 1 is 1.67 bits per heavy atom. The lowest BCUT2D eigenvalue weighted by molar-refractivity contribution is 1.30. The fourth-order valence-electron chi connectivity index (χ4n) is 0.825. The van der Waals surface area contributed by atoms with Gasteiger partial charge in [-0.15, -0.1) is 0 Å². The van der Waals surface area contributed by atoms with E-state index in [1.54, 1.807) is 24.7 Å². The number of aliphatic imine (C=N–C) groups is 1. The summed E-state index contributed by atoms with van der Waals surface area (Å²) in [5.41, 5.74) is 1.78. The van der Waals surface area contributed by atoms with Crippen LogP contribution in [0.5, 0.6) is 0 Å². The van der Waals surface area contributed by atoms with Gasteiger partial charge in [-0.25, -0.2) is 0 Å². The van der Waals surface area contributed by atoms with Crippen LogP contribution in [0.2, 0.25) is 0 Å². The molecule has 0 saturated heterocycles. The van der Waals surface area contributed by atoms with Crippen LogP contribution in [0, 0.1) is 0 Å². The summed E-state index contributed by atoms with van der Waals surface area (Å²) < 4.78 is 0. The van der Waals surface area contributed by atoms with Gasteiger partial charge in [-0.3, -0.25) is 9.98 Å². The van der Waals surface area contributed by atoms with Crippen LogP contribution in [-0.4, -0.2) is 18.2 Å². The van der Waals surface area contributed by atoms with E-state index in [-0.39, 0.29) is 0 Å². The molecule has 0 radical (unpaired) electrons. The monoisotopic (exact) mass is 161 g/mol. The highest BCUT2D eigenvalue weighted by atomic mass is 14.9. The second-order valence-corrected chi connectivity index (χ2v) is 2.16. The normalized spacial score (nSPS) is 10.1. The Morgan fingerprint density at radius 3 is 3.17 bits per heavy atom. The number of anilines is 1. The van der Waals surface area contributed by atoms with Crippen molar-refractivity contribution >= 4 is 17.6 Å². The third-order valence-electron chi connectivity index (χ3n) is 1.39. The Morgan fingerprint density at radius 2 is 2.50 bits per heavy atom. The molecule has 0 aliphatic carbocycles. The molecule has 1 aromatic heterocycles. The molecule has 1 N–H and O–H groups in total. The molecule has 0 aliphatic rings. The quantitative estimate of drug-likeness (QED) is 0.688. The molecule has 0 amide bonds. The molecule has 12 heavy (non-hydrogen) atoms. The van der Waals surface area contributed by atoms with Gasteiger partial charge in [0.15, 0.2) is 0 Å². The third kappa shape index (κ3) is 1.92. The van der Waals surface area contributed by atoms with Crippen molar-refractivity contribution in [3.8, 4) is 0 Å². The van der Waals surface area contributed by atoms with E-state index < -0.39 is 0 Å². The maximum Gasteiger partial charge on any atom is 0.0892 e. The first kappa shape index (κ1) is 8.46. The molecule has 0 atom stereocenters. The van der Waals surface area contributed by atoms with Crippen molar-refractivity contribution in [1.82, 2.24) is 4.98 Å². The smallest absolute Gasteiger partial charge is 0.0892 e. The second-order valence-electron chi connectivity index (χ2n) is 2.16. The van der Waals surface area contributed by atoms with Crippen LogP contribution in [0.3, 0.4) is 0 Å². The summed E-state index contributed by atoms with van der Waals surface area (Å²) in [6, 6.07) is 1.84. The predicted molar refractivity (Wildman–Crippen MR) is 52.1 cm³/mol. The zero-order valence-corrected chi connectivity index (χ0v) is 6.99. The fourth-order valence-corrected chi connectivity index (χ4v) is 0.825. The summed E-state index contributed by atoms with van der Waals surface area (Å²) in [6.45, 7) is 3.55. The van der Waals surface area contributed by atoms with E-state index in [9.17, 15) is 0 Å². The van der Waals surface area contributed by atoms with E-state index in [0.717, 1.165) is 11.4 Å². The minimum atomic E-state index is 0.868. The molecule has 0 aliphatic heterocycles. The number of rotatable bonds is 3. The lowest BCUT2D eigenvalue weighted by atomic mass is 10.3. The minimum absolute atomic E-state index is 0.868. The molecular weight excluding hydrogens is 150 g/mol. The highest BCUT2D eigenvalue weighted by Gasteiger charge is 1.94. The molecule has 1 heterocycles. The molecule has 3 heteroatoms. The first-order valence-electron chi connectivity index (χ1n) is 3.65. The first-order chi connectivity index (χ1) is 5.88. The zero-order chi connectivity index (χ0) is 8.81. The molecule has 0 aromatic carbocycles. The number of hydrogen-bond donors (Lipinski definition) is 1. The number of pyridine rings is 1. The standard InChI is InChI=1S/C9H11N3/c1-3-5-12-8-4-6-11-7-9(8)10-2/h3-7,10H,1H2,2H3. The largest absolute Gasteiger partial charge is 0.385 e. The van der Waals surface area contributed by atoms with Gasteiger partial charge in [-0.05, 0) is 6.07 Å². The van der Waals surface area contributed by atoms with Gasteiger partial charge in [0.1, 0.15) is 0 Å². The molecular formula is C9H11N3. The maximum absolute atomic E-state index is 4.15. The number of nitrogens with zero attached hydrogens (tertiary/aromatic N) is 2. The highest BCUT2D eigenvalue weighted by molar-refractivity contribution is 5.77. The lowest BCUT2D eigenvalue weighted by Gasteiger charge is -2.01. The Balaban J connectivity index is 2.96. The topological polar surface area (TPSA) is 37.3 Å². The molecule has 0 unspecified atom stereocenters. The number of nitrogens with one attached hydrogen (secondary N) is 1. The average molecular weight is 161 g/mol. The second kappa shape index (κ2) is 4.28. The van der Waals surface area contributed by atoms with Crippen molar-refractivity contribution in [3.63, 3.8) is 0 Å². The summed E-state index contributed by atoms with van der Waals surface area (Å²) in [6.07, 6.45) is 6.72. The highest BCUT2D eigenvalue weighted by Crippen LogP contribution is 2.21. The lowest BCUT2D eigenvalue weighted by Crippen LogP contribution is -1.88. The van der Waals surface area contributed by atoms with Crippen LogP contribution < -0.4 is 5.32 Å². The number of hydrogen-bond acceptors (Lipinski definition) is 3. The van der Waals surface area contributed by atoms with Gasteiger partial charge in [0.25, 0.3) is 0 Å². The molecule has 3 nitrogen and oxygen atoms in total. The Bertz CT molecular complexity index is 292. The van der Waals surface area contributed by atoms with E-state index >= 15 is 0 Å². The van der Waals surface area contributed by atoms with Gasteiger partial charge >= 0.3 is 0 Å². The van der Waals surface area contributed by atoms with Gasteiger partial charge in [0.2, 0.25) is 0 Å². The Labute approximate surface area is 71.9 Å². The van der Waals surface area contributed by atoms with E-state index in [0.29, 0.717) is 0 Å². The Kier molecular flexibility index (Phi) is 3.02. The molecule has 0 fully saturated rings. The van der Waals surface area contributed by atoms with E-state index in [1.165, 1.54) is 0 Å². The number of allylic oxidation sites excluding steroid dienone is 1. The van der Waals surface area contributed by atoms with Crippen molar-refractivity contribution in [1.29, 1.82) is 0 Å². The van der Waals surface area contributed by atoms with Crippen LogP contribution in [-0.2, 0) is 0 Å². The molecule has 0 saturated carbocycles. The van der Waals surface area contributed by atoms with E-state index in [1.807, 2.05) is 13.1 Å². The van der Waals surface area contributed by atoms with Crippen LogP contribution in [0.1, 0.15) is 0 Å². The third-order valence-corrected chi connectivity index (χ3v) is 1.39. The van der Waals surface area contributed by atoms with Crippen LogP contribution in [0.25, 0.3) is 0 Å². The van der Waals surface area contributed by atoms with Crippen molar-refractivity contribution in [2.24, 2.45) is 4.99 Å². The summed E-state index contributed by atoms with van der Waals surface area (Å²) in [5.74, 6) is 0. The van der Waals surface area contributed by atoms with Gasteiger partial charge in [-0.1, -0.05) is 12.7 Å². The molecule has 0 spiro atoms. The number of aromatic nitrogens is 1. The van der Waals surface area contributed by atoms with Gasteiger partial charge in [0.05, 0.1) is 17.6 Å². The SMILES string of the molecule is C=CC=Nc1ccncc1NC. The van der Waals surface area contributed by atoms with Crippen molar-refractivity contribution in [3.05, 3.63) is 31.1 Å². The van der Waals surface area contributed by atoms with Gasteiger partial charge in [0, 0.05) is 19.5 Å². The van der Waals surface area contributed by atoms with Gasteiger partial charge in [-0.2, -0.15) is 0 Å². The summed E-state index contributed by atoms with van der Waals surface area (Å²) in [5, 5.41) is 2.99. The van der Waals surface area contributed by atoms with Crippen LogP contribution in [0.15, 0.2) is 36.1 Å². The molecule has 1 aromatic rings. The molecule has 62 valence electrons. The summed E-state index contributed by atoms with van der Waals surface area (Å²) in [7, 11) is 1.84. The minimum Gasteiger partial charge on any atom is -0.385 e. The van der Waals surface area contributed by atoms with Crippen molar-refractivity contribution in [2.45, 2.75) is 0 Å². The van der Waals surface area contributed by atoms with E-state index in [4.69, 9.17) is 0 Å². The zero-order valence-electron chi connectivity index (χ0n) is 6.99. The van der Waals surface area contributed by atoms with Crippen LogP contribution in [0.4, 0.5) is 11.4 Å². The fraction of sp³-hybridized carbons (Fsp3) is 0.111. The van der Waals surface area contributed by atoms with Crippen molar-refractivity contribution < 1.29 is 0 Å². The maximum atomic E-state index is 4.15. The van der Waals surface area contributed by atoms with E-state index in [2.05, 4.69) is 21.9 Å². The first-order valence-corrected chi connectivity index (χ1v) is 3.65.